The van der Waals surface area contributed by atoms with Gasteiger partial charge >= 0.3 is 0 Å². The number of nitrogens with one attached hydrogen (secondary N) is 2. The van der Waals surface area contributed by atoms with E-state index >= 15 is 0 Å². The van der Waals surface area contributed by atoms with Gasteiger partial charge in [-0.2, -0.15) is 5.10 Å². The number of nitrogens with zero attached hydrogens (tertiary/aromatic N) is 2. The first kappa shape index (κ1) is 18.0. The molecule has 0 saturated heterocycles. The molecule has 1 aromatic heterocycles. The number of amides is 2. The Hall–Kier alpha value is -2.34. The summed E-state index contributed by atoms with van der Waals surface area (Å²) < 4.78 is 1.70. The zero-order chi connectivity index (χ0) is 17.7. The van der Waals surface area contributed by atoms with Crippen molar-refractivity contribution in [1.29, 1.82) is 0 Å². The van der Waals surface area contributed by atoms with Crippen molar-refractivity contribution in [2.45, 2.75) is 32.7 Å². The van der Waals surface area contributed by atoms with Gasteiger partial charge in [0.15, 0.2) is 0 Å². The molecule has 0 radical (unpaired) electrons. The van der Waals surface area contributed by atoms with E-state index in [0.29, 0.717) is 29.1 Å². The number of aryl methyl sites for hydroxylation is 2. The summed E-state index contributed by atoms with van der Waals surface area (Å²) in [5.74, 6) is -0.366. The first-order valence-electron chi connectivity index (χ1n) is 7.73. The lowest BCUT2D eigenvalue weighted by atomic mass is 10.1. The van der Waals surface area contributed by atoms with Gasteiger partial charge in [-0.15, -0.1) is 0 Å². The van der Waals surface area contributed by atoms with Crippen molar-refractivity contribution in [3.63, 3.8) is 0 Å². The molecule has 0 bridgehead atoms. The summed E-state index contributed by atoms with van der Waals surface area (Å²) in [4.78, 5) is 24.1. The SMILES string of the molecule is CC(C)NC(=O)c1ccc(Cl)c(NC(=O)CCc2cnn(C)c2)c1. The first-order chi connectivity index (χ1) is 11.3. The van der Waals surface area contributed by atoms with Crippen LogP contribution in [0.5, 0.6) is 0 Å². The molecule has 0 aliphatic heterocycles. The Balaban J connectivity index is 2.00. The van der Waals surface area contributed by atoms with Gasteiger partial charge in [-0.05, 0) is 44.0 Å². The third-order valence-corrected chi connectivity index (χ3v) is 3.65. The maximum Gasteiger partial charge on any atom is 0.251 e. The molecule has 1 heterocycles. The molecule has 0 fully saturated rings. The second-order valence-electron chi connectivity index (χ2n) is 5.89. The molecular weight excluding hydrogens is 328 g/mol. The highest BCUT2D eigenvalue weighted by Gasteiger charge is 2.12. The molecule has 6 nitrogen and oxygen atoms in total. The van der Waals surface area contributed by atoms with E-state index in [0.717, 1.165) is 5.56 Å². The van der Waals surface area contributed by atoms with Gasteiger partial charge in [-0.1, -0.05) is 11.6 Å². The van der Waals surface area contributed by atoms with E-state index in [9.17, 15) is 9.59 Å². The van der Waals surface area contributed by atoms with Crippen LogP contribution in [0.15, 0.2) is 30.6 Å². The fraction of sp³-hybridized carbons (Fsp3) is 0.353. The zero-order valence-electron chi connectivity index (χ0n) is 14.0. The summed E-state index contributed by atoms with van der Waals surface area (Å²) >= 11 is 6.11. The molecule has 0 aliphatic rings. The summed E-state index contributed by atoms with van der Waals surface area (Å²) in [6.45, 7) is 3.77. The van der Waals surface area contributed by atoms with Crippen LogP contribution in [0.3, 0.4) is 0 Å². The third kappa shape index (κ3) is 5.09. The quantitative estimate of drug-likeness (QED) is 0.842. The van der Waals surface area contributed by atoms with Crippen LogP contribution >= 0.6 is 11.6 Å². The number of rotatable bonds is 6. The predicted molar refractivity (Wildman–Crippen MR) is 94.2 cm³/mol. The van der Waals surface area contributed by atoms with E-state index in [1.807, 2.05) is 27.1 Å². The van der Waals surface area contributed by atoms with E-state index in [1.165, 1.54) is 0 Å². The second kappa shape index (κ2) is 7.97. The fourth-order valence-electron chi connectivity index (χ4n) is 2.18. The molecular formula is C17H21ClN4O2. The Morgan fingerprint density at radius 3 is 2.71 bits per heavy atom. The van der Waals surface area contributed by atoms with E-state index in [2.05, 4.69) is 15.7 Å². The van der Waals surface area contributed by atoms with Crippen LogP contribution in [0.2, 0.25) is 5.02 Å². The minimum Gasteiger partial charge on any atom is -0.350 e. The largest absolute Gasteiger partial charge is 0.350 e. The molecule has 24 heavy (non-hydrogen) atoms. The van der Waals surface area contributed by atoms with Crippen LogP contribution in [-0.4, -0.2) is 27.6 Å². The lowest BCUT2D eigenvalue weighted by Gasteiger charge is -2.11. The summed E-state index contributed by atoms with van der Waals surface area (Å²) in [6.07, 6.45) is 4.50. The Morgan fingerprint density at radius 1 is 1.33 bits per heavy atom. The van der Waals surface area contributed by atoms with Crippen molar-refractivity contribution < 1.29 is 9.59 Å². The average molecular weight is 349 g/mol. The first-order valence-corrected chi connectivity index (χ1v) is 8.10. The van der Waals surface area contributed by atoms with Crippen LogP contribution < -0.4 is 10.6 Å². The molecule has 0 aliphatic carbocycles. The van der Waals surface area contributed by atoms with Crippen molar-refractivity contribution in [3.05, 3.63) is 46.7 Å². The van der Waals surface area contributed by atoms with E-state index < -0.39 is 0 Å². The average Bonchev–Trinajstić information content (AvgIpc) is 2.92. The number of carbonyl (C=O) groups is 2. The molecule has 0 atom stereocenters. The number of anilines is 1. The fourth-order valence-corrected chi connectivity index (χ4v) is 2.34. The standard InChI is InChI=1S/C17H21ClN4O2/c1-11(2)20-17(24)13-5-6-14(18)15(8-13)21-16(23)7-4-12-9-19-22(3)10-12/h5-6,8-11H,4,7H2,1-3H3,(H,20,24)(H,21,23). The maximum absolute atomic E-state index is 12.1. The minimum absolute atomic E-state index is 0.0331. The summed E-state index contributed by atoms with van der Waals surface area (Å²) in [7, 11) is 1.83. The summed E-state index contributed by atoms with van der Waals surface area (Å²) in [5.41, 5.74) is 1.88. The van der Waals surface area contributed by atoms with Gasteiger partial charge in [0.1, 0.15) is 0 Å². The number of carbonyl (C=O) groups excluding carboxylic acids is 2. The summed E-state index contributed by atoms with van der Waals surface area (Å²) in [6, 6.07) is 4.85. The van der Waals surface area contributed by atoms with Crippen LogP contribution in [0, 0.1) is 0 Å². The summed E-state index contributed by atoms with van der Waals surface area (Å²) in [5, 5.41) is 10.0. The van der Waals surface area contributed by atoms with Crippen molar-refractivity contribution in [2.75, 3.05) is 5.32 Å². The van der Waals surface area contributed by atoms with Crippen molar-refractivity contribution in [2.24, 2.45) is 7.05 Å². The Kier molecular flexibility index (Phi) is 5.98. The molecule has 2 N–H and O–H groups in total. The molecule has 7 heteroatoms. The zero-order valence-corrected chi connectivity index (χ0v) is 14.7. The normalized spacial score (nSPS) is 10.7. The van der Waals surface area contributed by atoms with Crippen molar-refractivity contribution in [3.8, 4) is 0 Å². The number of halogens is 1. The highest BCUT2D eigenvalue weighted by atomic mass is 35.5. The Bertz CT molecular complexity index is 740. The molecule has 2 rings (SSSR count). The van der Waals surface area contributed by atoms with Gasteiger partial charge in [-0.25, -0.2) is 0 Å². The van der Waals surface area contributed by atoms with Gasteiger partial charge in [0, 0.05) is 31.3 Å². The van der Waals surface area contributed by atoms with Gasteiger partial charge in [0.05, 0.1) is 16.9 Å². The topological polar surface area (TPSA) is 76.0 Å². The van der Waals surface area contributed by atoms with Crippen LogP contribution in [0.4, 0.5) is 5.69 Å². The monoisotopic (exact) mass is 348 g/mol. The number of benzene rings is 1. The molecule has 0 unspecified atom stereocenters. The van der Waals surface area contributed by atoms with Crippen LogP contribution in [0.1, 0.15) is 36.2 Å². The lowest BCUT2D eigenvalue weighted by molar-refractivity contribution is -0.116. The molecule has 2 aromatic rings. The van der Waals surface area contributed by atoms with Gasteiger partial charge < -0.3 is 10.6 Å². The van der Waals surface area contributed by atoms with E-state index in [1.54, 1.807) is 29.1 Å². The molecule has 0 saturated carbocycles. The van der Waals surface area contributed by atoms with Crippen molar-refractivity contribution >= 4 is 29.1 Å². The van der Waals surface area contributed by atoms with Gasteiger partial charge in [0.25, 0.3) is 5.91 Å². The molecule has 128 valence electrons. The highest BCUT2D eigenvalue weighted by Crippen LogP contribution is 2.23. The van der Waals surface area contributed by atoms with Gasteiger partial charge in [0.2, 0.25) is 5.91 Å². The van der Waals surface area contributed by atoms with Crippen LogP contribution in [0.25, 0.3) is 0 Å². The number of hydrogen-bond acceptors (Lipinski definition) is 3. The molecule has 1 aromatic carbocycles. The number of aromatic nitrogens is 2. The van der Waals surface area contributed by atoms with Crippen LogP contribution in [-0.2, 0) is 18.3 Å². The Labute approximate surface area is 146 Å². The smallest absolute Gasteiger partial charge is 0.251 e. The molecule has 0 spiro atoms. The second-order valence-corrected chi connectivity index (χ2v) is 6.30. The van der Waals surface area contributed by atoms with E-state index in [-0.39, 0.29) is 17.9 Å². The number of hydrogen-bond donors (Lipinski definition) is 2. The lowest BCUT2D eigenvalue weighted by Crippen LogP contribution is -2.30. The van der Waals surface area contributed by atoms with Crippen molar-refractivity contribution in [1.82, 2.24) is 15.1 Å². The molecule has 2 amide bonds. The van der Waals surface area contributed by atoms with Gasteiger partial charge in [-0.3, -0.25) is 14.3 Å². The third-order valence-electron chi connectivity index (χ3n) is 3.32. The van der Waals surface area contributed by atoms with E-state index in [4.69, 9.17) is 11.6 Å². The highest BCUT2D eigenvalue weighted by molar-refractivity contribution is 6.33. The Morgan fingerprint density at radius 2 is 2.08 bits per heavy atom. The predicted octanol–water partition coefficient (Wildman–Crippen LogP) is 2.78. The minimum atomic E-state index is -0.201. The maximum atomic E-state index is 12.1.